The number of carbonyl (C=O) groups excluding carboxylic acids is 4. The van der Waals surface area contributed by atoms with Crippen molar-refractivity contribution in [3.05, 3.63) is 306 Å². The summed E-state index contributed by atoms with van der Waals surface area (Å²) in [6.45, 7) is 8.23. The van der Waals surface area contributed by atoms with Crippen LogP contribution in [0.15, 0.2) is 244 Å². The molecule has 4 spiro atoms. The van der Waals surface area contributed by atoms with E-state index in [1.807, 2.05) is 147 Å². The summed E-state index contributed by atoms with van der Waals surface area (Å²) in [6.07, 6.45) is 23.7. The molecule has 14 heterocycles. The van der Waals surface area contributed by atoms with Gasteiger partial charge >= 0.3 is 0 Å². The highest BCUT2D eigenvalue weighted by Crippen LogP contribution is 2.54. The van der Waals surface area contributed by atoms with Gasteiger partial charge in [-0.25, -0.2) is 31.9 Å². The van der Waals surface area contributed by atoms with E-state index >= 15 is 13.2 Å². The second kappa shape index (κ2) is 34.7. The number of para-hydroxylation sites is 4. The molecule has 1 saturated carbocycles. The fraction of sp³-hybridized carbons (Fsp3) is 0.333. The molecule has 4 amide bonds. The number of likely N-dealkylation sites (tertiary alicyclic amines) is 3. The molecule has 130 heavy (non-hydrogen) atoms. The Bertz CT molecular complexity index is 6450. The Kier molecular flexibility index (Phi) is 22.7. The zero-order valence-corrected chi connectivity index (χ0v) is 73.2. The van der Waals surface area contributed by atoms with Crippen LogP contribution in [0.25, 0.3) is 44.5 Å². The predicted molar refractivity (Wildman–Crippen MR) is 489 cm³/mol. The number of rotatable bonds is 17. The van der Waals surface area contributed by atoms with Crippen molar-refractivity contribution in [2.24, 2.45) is 28.2 Å². The summed E-state index contributed by atoms with van der Waals surface area (Å²) >= 11 is 0. The highest BCUT2D eigenvalue weighted by molar-refractivity contribution is 6.11. The van der Waals surface area contributed by atoms with Crippen LogP contribution in [0.3, 0.4) is 0 Å². The standard InChI is InChI=1S/C27H30N4O.C26H23FN6O.C25H26FN5O.C24H23F3N4O/c1-29-18-22(16-28-29)21-12-10-20(11-13-21)17-31-25-9-5-4-8-24(25)27(26(31)32)14-15-30(19-27)23-6-2-3-7-23;1-31-15-20(14-30-31)18-7-8-19(22(27)13-18)16-33-23-6-3-2-5-21(23)26(24(33)34)9-12-32(17-26)25-28-10-4-11-29-25;1-29-14-19(11-28-29)17-6-7-18(22(26)10-17)15-31-23-5-3-2-4-21(23)25(24(31)32)8-9-30(16-25)20-12-27-13-20;1-29-12-18(11-28-29)16-6-7-17(20(25)10-16)13-31-21-5-3-2-4-19(21)24(23(31)32)8-9-30(15-24)14-22(26)27/h4-5,8-13,16,18,23H,2-3,6-7,14-15,17,19H2,1H3;2-8,10-11,13-15H,9,12,16-17H2,1H3;2-7,10-11,14,20,27H,8-9,12-13,15-16H2,1H3;2-7,10-12,22H,8-9,13-15H2,1H3. The third-order valence-corrected chi connectivity index (χ3v) is 28.6. The molecule has 4 atom stereocenters. The minimum atomic E-state index is -2.44. The van der Waals surface area contributed by atoms with Gasteiger partial charge in [-0.1, -0.05) is 146 Å². The Morgan fingerprint density at radius 3 is 1.12 bits per heavy atom. The van der Waals surface area contributed by atoms with Gasteiger partial charge in [-0.2, -0.15) is 20.4 Å². The van der Waals surface area contributed by atoms with Crippen molar-refractivity contribution >= 4 is 52.3 Å². The number of aryl methyl sites for hydroxylation is 4. The fourth-order valence-electron chi connectivity index (χ4n) is 21.7. The van der Waals surface area contributed by atoms with E-state index in [9.17, 15) is 28.0 Å². The number of alkyl halides is 2. The lowest BCUT2D eigenvalue weighted by atomic mass is 9.81. The molecule has 8 aromatic carbocycles. The van der Waals surface area contributed by atoms with Crippen molar-refractivity contribution in [3.63, 3.8) is 0 Å². The van der Waals surface area contributed by atoms with Crippen molar-refractivity contribution in [1.29, 1.82) is 0 Å². The third-order valence-electron chi connectivity index (χ3n) is 28.6. The Labute approximate surface area is 751 Å². The second-order valence-electron chi connectivity index (χ2n) is 36.5. The lowest BCUT2D eigenvalue weighted by Crippen LogP contribution is -2.57. The van der Waals surface area contributed by atoms with Gasteiger partial charge in [0, 0.05) is 185 Å². The van der Waals surface area contributed by atoms with Crippen LogP contribution in [-0.2, 0) is 95.2 Å². The zero-order chi connectivity index (χ0) is 89.3. The van der Waals surface area contributed by atoms with Gasteiger partial charge in [-0.15, -0.1) is 0 Å². The third kappa shape index (κ3) is 15.6. The number of hydrogen-bond acceptors (Lipinski definition) is 15. The van der Waals surface area contributed by atoms with E-state index in [2.05, 4.69) is 105 Å². The molecule has 0 bridgehead atoms. The molecule has 10 aliphatic rings. The molecule has 23 rings (SSSR count). The van der Waals surface area contributed by atoms with Gasteiger partial charge < -0.3 is 29.8 Å². The number of nitrogens with one attached hydrogen (secondary N) is 1. The summed E-state index contributed by atoms with van der Waals surface area (Å²) in [5.74, 6) is -0.165. The molecule has 5 aromatic heterocycles. The maximum absolute atomic E-state index is 15.2. The summed E-state index contributed by atoms with van der Waals surface area (Å²) in [7, 11) is 7.40. The number of fused-ring (bicyclic) bond motifs is 8. The maximum atomic E-state index is 15.2. The van der Waals surface area contributed by atoms with Crippen molar-refractivity contribution < 1.29 is 41.1 Å². The molecule has 664 valence electrons. The molecular weight excluding hydrogens is 1650 g/mol. The molecule has 23 nitrogen and oxygen atoms in total. The minimum absolute atomic E-state index is 0.00265. The molecule has 28 heteroatoms. The molecule has 9 aliphatic heterocycles. The second-order valence-corrected chi connectivity index (χ2v) is 36.5. The number of anilines is 5. The highest BCUT2D eigenvalue weighted by atomic mass is 19.3. The number of aromatic nitrogens is 10. The minimum Gasteiger partial charge on any atom is -0.339 e. The first kappa shape index (κ1) is 85.0. The Hall–Kier alpha value is -13.2. The van der Waals surface area contributed by atoms with Gasteiger partial charge in [0.25, 0.3) is 6.43 Å². The van der Waals surface area contributed by atoms with Crippen LogP contribution in [0.4, 0.5) is 50.6 Å². The van der Waals surface area contributed by atoms with Crippen molar-refractivity contribution in [1.82, 2.24) is 69.1 Å². The molecular formula is C102H102F5N19O4. The topological polar surface area (TPSA) is 203 Å². The molecule has 1 N–H and O–H groups in total. The van der Waals surface area contributed by atoms with Crippen LogP contribution in [-0.4, -0.2) is 178 Å². The van der Waals surface area contributed by atoms with E-state index in [4.69, 9.17) is 0 Å². The normalized spacial score (nSPS) is 21.6. The Morgan fingerprint density at radius 1 is 0.385 bits per heavy atom. The van der Waals surface area contributed by atoms with Gasteiger partial charge in [0.15, 0.2) is 0 Å². The van der Waals surface area contributed by atoms with Crippen molar-refractivity contribution in [2.45, 2.75) is 118 Å². The Balaban J connectivity index is 0.000000108. The van der Waals surface area contributed by atoms with Gasteiger partial charge in [-0.05, 0) is 157 Å². The van der Waals surface area contributed by atoms with Crippen molar-refractivity contribution in [3.8, 4) is 44.5 Å². The Morgan fingerprint density at radius 2 is 0.738 bits per heavy atom. The van der Waals surface area contributed by atoms with E-state index < -0.39 is 28.5 Å². The van der Waals surface area contributed by atoms with Crippen molar-refractivity contribution in [2.75, 3.05) is 96.5 Å². The number of halogens is 5. The lowest BCUT2D eigenvalue weighted by Gasteiger charge is -2.36. The van der Waals surface area contributed by atoms with Crippen LogP contribution in [0.1, 0.15) is 95.9 Å². The molecule has 5 saturated heterocycles. The first-order valence-corrected chi connectivity index (χ1v) is 44.9. The molecule has 0 radical (unpaired) electrons. The van der Waals surface area contributed by atoms with E-state index in [0.29, 0.717) is 79.3 Å². The first-order chi connectivity index (χ1) is 63.1. The number of carbonyl (C=O) groups is 4. The fourth-order valence-corrected chi connectivity index (χ4v) is 21.7. The number of hydrogen-bond donors (Lipinski definition) is 1. The van der Waals surface area contributed by atoms with Crippen LogP contribution >= 0.6 is 0 Å². The van der Waals surface area contributed by atoms with Crippen LogP contribution in [0.5, 0.6) is 0 Å². The highest BCUT2D eigenvalue weighted by Gasteiger charge is 2.59. The van der Waals surface area contributed by atoms with Gasteiger partial charge in [0.05, 0.1) is 79.2 Å². The predicted octanol–water partition coefficient (Wildman–Crippen LogP) is 14.9. The maximum Gasteiger partial charge on any atom is 0.251 e. The summed E-state index contributed by atoms with van der Waals surface area (Å²) in [6, 6.07) is 58.7. The SMILES string of the molecule is Cn1cc(-c2ccc(CN3C(=O)C4(CCN(C5CCCC5)C4)c4ccccc43)cc2)cn1.Cn1cc(-c2ccc(CN3C(=O)C4(CCN(C5CNC5)C4)c4ccccc43)c(F)c2)cn1.Cn1cc(-c2ccc(CN3C(=O)C4(CCN(CC(F)F)C4)c4ccccc43)c(F)c2)cn1.Cn1cc(-c2ccc(CN3C(=O)C4(CCN(c5ncccn5)C4)c4ccccc43)c(F)c2)cn1. The van der Waals surface area contributed by atoms with Crippen LogP contribution < -0.4 is 29.8 Å². The summed E-state index contributed by atoms with van der Waals surface area (Å²) in [5, 5.41) is 20.0. The first-order valence-electron chi connectivity index (χ1n) is 44.9. The van der Waals surface area contributed by atoms with E-state index in [0.717, 1.165) is 136 Å². The zero-order valence-electron chi connectivity index (χ0n) is 73.2. The average Bonchev–Trinajstić information content (AvgIpc) is 1.58. The van der Waals surface area contributed by atoms with Crippen LogP contribution in [0, 0.1) is 17.5 Å². The molecule has 4 unspecified atom stereocenters. The molecule has 1 aliphatic carbocycles. The smallest absolute Gasteiger partial charge is 0.251 e. The number of nitrogens with zero attached hydrogens (tertiary/aromatic N) is 18. The van der Waals surface area contributed by atoms with Gasteiger partial charge in [0.1, 0.15) is 17.5 Å². The summed E-state index contributed by atoms with van der Waals surface area (Å²) in [5.41, 5.74) is 14.9. The summed E-state index contributed by atoms with van der Waals surface area (Å²) in [4.78, 5) is 79.9. The number of benzene rings is 8. The van der Waals surface area contributed by atoms with E-state index in [1.165, 1.54) is 49.4 Å². The van der Waals surface area contributed by atoms with E-state index in [-0.39, 0.29) is 73.4 Å². The quantitative estimate of drug-likeness (QED) is 0.0843. The number of amides is 4. The van der Waals surface area contributed by atoms with Gasteiger partial charge in [-0.3, -0.25) is 52.6 Å². The lowest BCUT2D eigenvalue weighted by molar-refractivity contribution is -0.123. The van der Waals surface area contributed by atoms with Crippen LogP contribution in [0.2, 0.25) is 0 Å². The average molecular weight is 1750 g/mol. The van der Waals surface area contributed by atoms with E-state index in [1.54, 1.807) is 95.9 Å². The molecule has 13 aromatic rings. The summed E-state index contributed by atoms with van der Waals surface area (Å²) < 4.78 is 78.0. The molecule has 6 fully saturated rings. The van der Waals surface area contributed by atoms with Gasteiger partial charge in [0.2, 0.25) is 29.6 Å². The monoisotopic (exact) mass is 1750 g/mol. The largest absolute Gasteiger partial charge is 0.339 e.